The maximum absolute atomic E-state index is 12.4. The van der Waals surface area contributed by atoms with Gasteiger partial charge in [-0.15, -0.1) is 11.3 Å². The molecule has 1 aromatic carbocycles. The molecule has 0 aliphatic rings. The number of carbonyl (C=O) groups excluding carboxylic acids is 1. The molecule has 1 N–H and O–H groups in total. The van der Waals surface area contributed by atoms with E-state index in [0.717, 1.165) is 15.6 Å². The van der Waals surface area contributed by atoms with Gasteiger partial charge in [0.1, 0.15) is 0 Å². The molecule has 0 saturated heterocycles. The molecule has 0 spiro atoms. The second-order valence-corrected chi connectivity index (χ2v) is 6.33. The minimum absolute atomic E-state index is 0.0645. The Labute approximate surface area is 134 Å². The van der Waals surface area contributed by atoms with Gasteiger partial charge in [0.2, 0.25) is 0 Å². The lowest BCUT2D eigenvalue weighted by Crippen LogP contribution is -2.33. The smallest absolute Gasteiger partial charge is 0.320 e. The topological polar surface area (TPSA) is 69.0 Å². The van der Waals surface area contributed by atoms with Gasteiger partial charge < -0.3 is 10.2 Å². The standard InChI is InChI=1S/C16H18N4OS/c1-10-15(22-12(3)18-10)11(2)20(4)16(21)19-14-7-5-6-13(8-14)9-17/h5-8,11H,1-4H3,(H,19,21)/t11-/m0/s1. The third kappa shape index (κ3) is 3.43. The number of nitrogens with zero attached hydrogens (tertiary/aromatic N) is 3. The molecule has 0 radical (unpaired) electrons. The van der Waals surface area contributed by atoms with Crippen molar-refractivity contribution in [1.29, 1.82) is 5.26 Å². The van der Waals surface area contributed by atoms with E-state index < -0.39 is 0 Å². The zero-order valence-corrected chi connectivity index (χ0v) is 13.9. The maximum Gasteiger partial charge on any atom is 0.322 e. The van der Waals surface area contributed by atoms with Crippen molar-refractivity contribution < 1.29 is 4.79 Å². The lowest BCUT2D eigenvalue weighted by molar-refractivity contribution is 0.209. The Morgan fingerprint density at radius 1 is 1.45 bits per heavy atom. The lowest BCUT2D eigenvalue weighted by Gasteiger charge is -2.24. The van der Waals surface area contributed by atoms with Crippen LogP contribution in [0.4, 0.5) is 10.5 Å². The van der Waals surface area contributed by atoms with Crippen LogP contribution >= 0.6 is 11.3 Å². The lowest BCUT2D eigenvalue weighted by atomic mass is 10.2. The molecule has 22 heavy (non-hydrogen) atoms. The summed E-state index contributed by atoms with van der Waals surface area (Å²) in [4.78, 5) is 19.5. The van der Waals surface area contributed by atoms with Gasteiger partial charge in [-0.1, -0.05) is 6.07 Å². The molecule has 114 valence electrons. The van der Waals surface area contributed by atoms with Crippen molar-refractivity contribution >= 4 is 23.1 Å². The summed E-state index contributed by atoms with van der Waals surface area (Å²) in [5, 5.41) is 12.7. The van der Waals surface area contributed by atoms with Gasteiger partial charge >= 0.3 is 6.03 Å². The predicted octanol–water partition coefficient (Wildman–Crippen LogP) is 3.86. The summed E-state index contributed by atoms with van der Waals surface area (Å²) >= 11 is 1.60. The summed E-state index contributed by atoms with van der Waals surface area (Å²) in [5.41, 5.74) is 2.09. The Bertz CT molecular complexity index is 732. The van der Waals surface area contributed by atoms with E-state index in [4.69, 9.17) is 5.26 Å². The van der Waals surface area contributed by atoms with Crippen molar-refractivity contribution in [3.63, 3.8) is 0 Å². The molecule has 6 heteroatoms. The second-order valence-electron chi connectivity index (χ2n) is 5.09. The average molecular weight is 314 g/mol. The summed E-state index contributed by atoms with van der Waals surface area (Å²) in [5.74, 6) is 0. The van der Waals surface area contributed by atoms with Crippen LogP contribution in [0.2, 0.25) is 0 Å². The fourth-order valence-corrected chi connectivity index (χ4v) is 3.19. The minimum atomic E-state index is -0.215. The van der Waals surface area contributed by atoms with Gasteiger partial charge in [0.15, 0.2) is 0 Å². The zero-order chi connectivity index (χ0) is 16.3. The molecule has 0 unspecified atom stereocenters. The van der Waals surface area contributed by atoms with Crippen molar-refractivity contribution in [3.8, 4) is 6.07 Å². The van der Waals surface area contributed by atoms with Crippen LogP contribution in [0.1, 0.15) is 34.1 Å². The van der Waals surface area contributed by atoms with Crippen molar-refractivity contribution in [2.45, 2.75) is 26.8 Å². The van der Waals surface area contributed by atoms with Gasteiger partial charge in [0, 0.05) is 17.6 Å². The molecule has 5 nitrogen and oxygen atoms in total. The molecule has 0 fully saturated rings. The molecule has 1 aromatic heterocycles. The number of hydrogen-bond donors (Lipinski definition) is 1. The number of urea groups is 1. The first-order valence-electron chi connectivity index (χ1n) is 6.90. The van der Waals surface area contributed by atoms with E-state index in [1.807, 2.05) is 20.8 Å². The van der Waals surface area contributed by atoms with Crippen LogP contribution in [0, 0.1) is 25.2 Å². The summed E-state index contributed by atoms with van der Waals surface area (Å²) in [7, 11) is 1.75. The molecule has 0 bridgehead atoms. The van der Waals surface area contributed by atoms with Crippen LogP contribution in [-0.4, -0.2) is 23.0 Å². The first-order chi connectivity index (χ1) is 10.4. The van der Waals surface area contributed by atoms with Gasteiger partial charge in [-0.25, -0.2) is 9.78 Å². The minimum Gasteiger partial charge on any atom is -0.320 e. The van der Waals surface area contributed by atoms with E-state index in [2.05, 4.69) is 16.4 Å². The van der Waals surface area contributed by atoms with Crippen molar-refractivity contribution in [2.75, 3.05) is 12.4 Å². The van der Waals surface area contributed by atoms with Crippen LogP contribution in [0.3, 0.4) is 0 Å². The van der Waals surface area contributed by atoms with Gasteiger partial charge in [-0.05, 0) is 39.0 Å². The number of aryl methyl sites for hydroxylation is 2. The quantitative estimate of drug-likeness (QED) is 0.935. The van der Waals surface area contributed by atoms with E-state index in [-0.39, 0.29) is 12.1 Å². The molecule has 1 atom stereocenters. The molecular formula is C16H18N4OS. The first kappa shape index (κ1) is 16.0. The van der Waals surface area contributed by atoms with Crippen LogP contribution in [0.15, 0.2) is 24.3 Å². The average Bonchev–Trinajstić information content (AvgIpc) is 2.84. The highest BCUT2D eigenvalue weighted by molar-refractivity contribution is 7.11. The fraction of sp³-hybridized carbons (Fsp3) is 0.312. The van der Waals surface area contributed by atoms with E-state index in [9.17, 15) is 4.79 Å². The largest absolute Gasteiger partial charge is 0.322 e. The van der Waals surface area contributed by atoms with E-state index in [0.29, 0.717) is 11.3 Å². The number of rotatable bonds is 3. The molecule has 2 rings (SSSR count). The number of nitrogens with one attached hydrogen (secondary N) is 1. The number of anilines is 1. The molecule has 0 saturated carbocycles. The Kier molecular flexibility index (Phi) is 4.78. The number of hydrogen-bond acceptors (Lipinski definition) is 4. The monoisotopic (exact) mass is 314 g/mol. The predicted molar refractivity (Wildman–Crippen MR) is 87.9 cm³/mol. The van der Waals surface area contributed by atoms with Crippen molar-refractivity contribution in [1.82, 2.24) is 9.88 Å². The van der Waals surface area contributed by atoms with Crippen LogP contribution in [0.5, 0.6) is 0 Å². The van der Waals surface area contributed by atoms with Gasteiger partial charge in [-0.3, -0.25) is 0 Å². The number of aromatic nitrogens is 1. The Morgan fingerprint density at radius 2 is 2.18 bits per heavy atom. The normalized spacial score (nSPS) is 11.6. The molecule has 0 aliphatic heterocycles. The van der Waals surface area contributed by atoms with Crippen molar-refractivity contribution in [2.24, 2.45) is 0 Å². The summed E-state index contributed by atoms with van der Waals surface area (Å²) in [6.07, 6.45) is 0. The molecular weight excluding hydrogens is 296 g/mol. The third-order valence-electron chi connectivity index (χ3n) is 3.46. The highest BCUT2D eigenvalue weighted by Crippen LogP contribution is 2.28. The van der Waals surface area contributed by atoms with Crippen molar-refractivity contribution in [3.05, 3.63) is 45.4 Å². The Balaban J connectivity index is 2.11. The summed E-state index contributed by atoms with van der Waals surface area (Å²) < 4.78 is 0. The number of carbonyl (C=O) groups is 1. The molecule has 2 aromatic rings. The number of nitriles is 1. The SMILES string of the molecule is Cc1nc(C)c([C@H](C)N(C)C(=O)Nc2cccc(C#N)c2)s1. The number of amides is 2. The van der Waals surface area contributed by atoms with E-state index in [1.165, 1.54) is 0 Å². The summed E-state index contributed by atoms with van der Waals surface area (Å²) in [6, 6.07) is 8.64. The van der Waals surface area contributed by atoms with Crippen LogP contribution in [0.25, 0.3) is 0 Å². The van der Waals surface area contributed by atoms with E-state index >= 15 is 0 Å². The van der Waals surface area contributed by atoms with E-state index in [1.54, 1.807) is 47.5 Å². The number of thiazole rings is 1. The van der Waals surface area contributed by atoms with Crippen LogP contribution < -0.4 is 5.32 Å². The number of benzene rings is 1. The third-order valence-corrected chi connectivity index (χ3v) is 4.71. The Hall–Kier alpha value is -2.39. The molecule has 0 aliphatic carbocycles. The zero-order valence-electron chi connectivity index (χ0n) is 13.0. The molecule has 2 amide bonds. The second kappa shape index (κ2) is 6.58. The van der Waals surface area contributed by atoms with Crippen LogP contribution in [-0.2, 0) is 0 Å². The molecule has 1 heterocycles. The van der Waals surface area contributed by atoms with Gasteiger partial charge in [0.05, 0.1) is 28.4 Å². The first-order valence-corrected chi connectivity index (χ1v) is 7.72. The maximum atomic E-state index is 12.4. The summed E-state index contributed by atoms with van der Waals surface area (Å²) in [6.45, 7) is 5.89. The fourth-order valence-electron chi connectivity index (χ4n) is 2.16. The highest BCUT2D eigenvalue weighted by atomic mass is 32.1. The highest BCUT2D eigenvalue weighted by Gasteiger charge is 2.21. The Morgan fingerprint density at radius 3 is 2.77 bits per heavy atom. The van der Waals surface area contributed by atoms with Gasteiger partial charge in [0.25, 0.3) is 0 Å². The van der Waals surface area contributed by atoms with Gasteiger partial charge in [-0.2, -0.15) is 5.26 Å².